The van der Waals surface area contributed by atoms with Crippen LogP contribution in [-0.2, 0) is 26.2 Å². The average molecular weight is 600 g/mol. The van der Waals surface area contributed by atoms with E-state index in [-0.39, 0.29) is 34.0 Å². The van der Waals surface area contributed by atoms with E-state index < -0.39 is 28.5 Å². The van der Waals surface area contributed by atoms with Crippen LogP contribution in [0.3, 0.4) is 0 Å². The number of ether oxygens (including phenoxy) is 1. The number of sulfonamides is 1. The fourth-order valence-electron chi connectivity index (χ4n) is 4.37. The van der Waals surface area contributed by atoms with E-state index >= 15 is 0 Å². The summed E-state index contributed by atoms with van der Waals surface area (Å²) in [4.78, 5) is 29.0. The summed E-state index contributed by atoms with van der Waals surface area (Å²) in [6, 6.07) is 19.2. The largest absolute Gasteiger partial charge is 0.495 e. The van der Waals surface area contributed by atoms with Crippen LogP contribution < -0.4 is 14.4 Å². The maximum Gasteiger partial charge on any atom is 0.264 e. The molecule has 0 fully saturated rings. The van der Waals surface area contributed by atoms with Crippen LogP contribution in [-0.4, -0.2) is 51.4 Å². The van der Waals surface area contributed by atoms with E-state index in [1.807, 2.05) is 52.0 Å². The molecule has 1 N–H and O–H groups in total. The van der Waals surface area contributed by atoms with Gasteiger partial charge in [-0.05, 0) is 60.7 Å². The van der Waals surface area contributed by atoms with E-state index in [0.29, 0.717) is 18.7 Å². The Bertz CT molecular complexity index is 1450. The molecule has 0 aliphatic carbocycles. The van der Waals surface area contributed by atoms with Crippen molar-refractivity contribution in [1.29, 1.82) is 0 Å². The van der Waals surface area contributed by atoms with Gasteiger partial charge < -0.3 is 15.0 Å². The lowest BCUT2D eigenvalue weighted by atomic mass is 10.1. The van der Waals surface area contributed by atoms with Gasteiger partial charge in [-0.1, -0.05) is 74.8 Å². The number of halogens is 1. The normalized spacial score (nSPS) is 12.1. The molecule has 41 heavy (non-hydrogen) atoms. The molecule has 0 saturated heterocycles. The van der Waals surface area contributed by atoms with Crippen molar-refractivity contribution in [2.45, 2.75) is 51.6 Å². The summed E-state index contributed by atoms with van der Waals surface area (Å²) in [6.07, 6.45) is 0.349. The molecule has 0 saturated carbocycles. The number of amides is 2. The minimum Gasteiger partial charge on any atom is -0.495 e. The van der Waals surface area contributed by atoms with E-state index in [1.165, 1.54) is 36.3 Å². The smallest absolute Gasteiger partial charge is 0.264 e. The van der Waals surface area contributed by atoms with Crippen LogP contribution in [0.2, 0.25) is 5.02 Å². The monoisotopic (exact) mass is 599 g/mol. The molecule has 3 rings (SSSR count). The number of benzene rings is 3. The first-order chi connectivity index (χ1) is 19.5. The van der Waals surface area contributed by atoms with Gasteiger partial charge in [0.1, 0.15) is 18.3 Å². The lowest BCUT2D eigenvalue weighted by molar-refractivity contribution is -0.140. The van der Waals surface area contributed by atoms with Crippen LogP contribution in [0.25, 0.3) is 0 Å². The van der Waals surface area contributed by atoms with Crippen LogP contribution in [0.15, 0.2) is 77.7 Å². The molecule has 2 amide bonds. The Labute approximate surface area is 248 Å². The van der Waals surface area contributed by atoms with Crippen molar-refractivity contribution in [1.82, 2.24) is 10.2 Å². The summed E-state index contributed by atoms with van der Waals surface area (Å²) in [5.74, 6) is -0.213. The van der Waals surface area contributed by atoms with Crippen molar-refractivity contribution in [3.05, 3.63) is 88.9 Å². The lowest BCUT2D eigenvalue weighted by Crippen LogP contribution is -2.52. The molecule has 3 aromatic carbocycles. The van der Waals surface area contributed by atoms with Crippen molar-refractivity contribution in [2.24, 2.45) is 5.92 Å². The first-order valence-corrected chi connectivity index (χ1v) is 15.3. The Morgan fingerprint density at radius 2 is 1.66 bits per heavy atom. The number of carbonyl (C=O) groups excluding carboxylic acids is 2. The molecule has 10 heteroatoms. The zero-order valence-electron chi connectivity index (χ0n) is 24.1. The maximum absolute atomic E-state index is 14.2. The minimum atomic E-state index is -4.19. The highest BCUT2D eigenvalue weighted by Crippen LogP contribution is 2.32. The molecule has 0 aromatic heterocycles. The second-order valence-electron chi connectivity index (χ2n) is 10.2. The highest BCUT2D eigenvalue weighted by Gasteiger charge is 2.34. The van der Waals surface area contributed by atoms with Crippen LogP contribution in [0.1, 0.15) is 38.3 Å². The van der Waals surface area contributed by atoms with Gasteiger partial charge in [-0.3, -0.25) is 13.9 Å². The predicted molar refractivity (Wildman–Crippen MR) is 163 cm³/mol. The minimum absolute atomic E-state index is 0.0203. The fourth-order valence-corrected chi connectivity index (χ4v) is 6.05. The van der Waals surface area contributed by atoms with Crippen molar-refractivity contribution in [3.8, 4) is 5.75 Å². The van der Waals surface area contributed by atoms with E-state index in [4.69, 9.17) is 16.3 Å². The molecule has 8 nitrogen and oxygen atoms in total. The summed E-state index contributed by atoms with van der Waals surface area (Å²) >= 11 is 6.37. The Kier molecular flexibility index (Phi) is 11.2. The third-order valence-corrected chi connectivity index (χ3v) is 8.79. The first-order valence-electron chi connectivity index (χ1n) is 13.5. The molecule has 1 unspecified atom stereocenters. The molecule has 3 aromatic rings. The number of nitrogens with zero attached hydrogens (tertiary/aromatic N) is 2. The van der Waals surface area contributed by atoms with Gasteiger partial charge in [0.25, 0.3) is 10.0 Å². The summed E-state index contributed by atoms with van der Waals surface area (Å²) < 4.78 is 34.1. The second kappa shape index (κ2) is 14.4. The van der Waals surface area contributed by atoms with Crippen LogP contribution >= 0.6 is 11.6 Å². The van der Waals surface area contributed by atoms with Gasteiger partial charge in [0, 0.05) is 13.1 Å². The number of anilines is 1. The van der Waals surface area contributed by atoms with E-state index in [9.17, 15) is 18.0 Å². The topological polar surface area (TPSA) is 96.0 Å². The molecular weight excluding hydrogens is 562 g/mol. The molecule has 1 atom stereocenters. The first kappa shape index (κ1) is 32.0. The lowest BCUT2D eigenvalue weighted by Gasteiger charge is -2.33. The van der Waals surface area contributed by atoms with Crippen LogP contribution in [0, 0.1) is 12.8 Å². The Balaban J connectivity index is 2.08. The standard InChI is InChI=1S/C31H38ClN3O5S/c1-6-28(31(37)33-19-22(2)3)34(20-24-13-11-10-12-23(24)4)30(36)21-35(25-16-17-29(40-5)27(32)18-25)41(38,39)26-14-8-7-9-15-26/h7-18,22,28H,6,19-21H2,1-5H3,(H,33,37). The highest BCUT2D eigenvalue weighted by atomic mass is 35.5. The summed E-state index contributed by atoms with van der Waals surface area (Å²) in [5, 5.41) is 3.13. The van der Waals surface area contributed by atoms with Gasteiger partial charge in [0.05, 0.1) is 22.7 Å². The number of nitrogens with one attached hydrogen (secondary N) is 1. The number of carbonyl (C=O) groups is 2. The SMILES string of the molecule is CCC(C(=O)NCC(C)C)N(Cc1ccccc1C)C(=O)CN(c1ccc(OC)c(Cl)c1)S(=O)(=O)c1ccccc1. The maximum atomic E-state index is 14.2. The summed E-state index contributed by atoms with van der Waals surface area (Å²) in [6.45, 7) is 7.80. The third-order valence-electron chi connectivity index (χ3n) is 6.71. The molecule has 0 spiro atoms. The van der Waals surface area contributed by atoms with Crippen LogP contribution in [0.5, 0.6) is 5.75 Å². The molecule has 0 bridgehead atoms. The third kappa shape index (κ3) is 8.01. The second-order valence-corrected chi connectivity index (χ2v) is 12.4. The fraction of sp³-hybridized carbons (Fsp3) is 0.355. The van der Waals surface area contributed by atoms with Gasteiger partial charge >= 0.3 is 0 Å². The molecular formula is C31H38ClN3O5S. The zero-order chi connectivity index (χ0) is 30.2. The number of methoxy groups -OCH3 is 1. The summed E-state index contributed by atoms with van der Waals surface area (Å²) in [7, 11) is -2.73. The molecule has 0 radical (unpaired) electrons. The molecule has 0 aliphatic rings. The van der Waals surface area contributed by atoms with Gasteiger partial charge in [0.15, 0.2) is 0 Å². The van der Waals surface area contributed by atoms with Crippen molar-refractivity contribution in [2.75, 3.05) is 24.5 Å². The van der Waals surface area contributed by atoms with E-state index in [1.54, 1.807) is 24.3 Å². The van der Waals surface area contributed by atoms with Gasteiger partial charge in [-0.25, -0.2) is 8.42 Å². The highest BCUT2D eigenvalue weighted by molar-refractivity contribution is 7.92. The summed E-state index contributed by atoms with van der Waals surface area (Å²) in [5.41, 5.74) is 2.01. The molecule has 0 heterocycles. The van der Waals surface area contributed by atoms with E-state index in [0.717, 1.165) is 15.4 Å². The number of aryl methyl sites for hydroxylation is 1. The quantitative estimate of drug-likeness (QED) is 0.283. The van der Waals surface area contributed by atoms with Gasteiger partial charge in [0.2, 0.25) is 11.8 Å². The number of hydrogen-bond donors (Lipinski definition) is 1. The molecule has 0 aliphatic heterocycles. The average Bonchev–Trinajstić information content (AvgIpc) is 2.95. The van der Waals surface area contributed by atoms with Crippen molar-refractivity contribution >= 4 is 39.1 Å². The van der Waals surface area contributed by atoms with Crippen LogP contribution in [0.4, 0.5) is 5.69 Å². The van der Waals surface area contributed by atoms with Gasteiger partial charge in [-0.15, -0.1) is 0 Å². The van der Waals surface area contributed by atoms with Crippen molar-refractivity contribution in [3.63, 3.8) is 0 Å². The number of rotatable bonds is 13. The Morgan fingerprint density at radius 3 is 2.24 bits per heavy atom. The Hall–Kier alpha value is -3.56. The van der Waals surface area contributed by atoms with Gasteiger partial charge in [-0.2, -0.15) is 0 Å². The zero-order valence-corrected chi connectivity index (χ0v) is 25.7. The van der Waals surface area contributed by atoms with Crippen molar-refractivity contribution < 1.29 is 22.7 Å². The molecule has 220 valence electrons. The van der Waals surface area contributed by atoms with E-state index in [2.05, 4.69) is 5.32 Å². The predicted octanol–water partition coefficient (Wildman–Crippen LogP) is 5.43. The Morgan fingerprint density at radius 1 is 1.00 bits per heavy atom. The number of hydrogen-bond acceptors (Lipinski definition) is 5.